The number of oxazole rings is 1. The number of amides is 2. The van der Waals surface area contributed by atoms with E-state index in [-0.39, 0.29) is 38.3 Å². The maximum atomic E-state index is 14.6. The van der Waals surface area contributed by atoms with E-state index in [1.807, 2.05) is 0 Å². The summed E-state index contributed by atoms with van der Waals surface area (Å²) in [6.45, 7) is 5.26. The zero-order valence-electron chi connectivity index (χ0n) is 27.2. The number of para-hydroxylation sites is 2. The average Bonchev–Trinajstić information content (AvgIpc) is 3.70. The highest BCUT2D eigenvalue weighted by Crippen LogP contribution is 2.27. The van der Waals surface area contributed by atoms with Gasteiger partial charge in [-0.25, -0.2) is 22.5 Å². The van der Waals surface area contributed by atoms with Gasteiger partial charge in [-0.2, -0.15) is 0 Å². The number of likely N-dealkylation sites (tertiary alicyclic amines) is 1. The van der Waals surface area contributed by atoms with Gasteiger partial charge in [-0.05, 0) is 75.4 Å². The first-order chi connectivity index (χ1) is 23.4. The number of benzene rings is 2. The van der Waals surface area contributed by atoms with Crippen LogP contribution in [0, 0.1) is 11.7 Å². The number of fused-ring (bicyclic) bond motifs is 1. The van der Waals surface area contributed by atoms with Crippen LogP contribution < -0.4 is 15.4 Å². The number of halogens is 2. The second-order valence-corrected chi connectivity index (χ2v) is 15.3. The van der Waals surface area contributed by atoms with Gasteiger partial charge in [-0.3, -0.25) is 14.4 Å². The van der Waals surface area contributed by atoms with E-state index < -0.39 is 57.7 Å². The molecular weight excluding hydrogens is 721 g/mol. The summed E-state index contributed by atoms with van der Waals surface area (Å²) in [4.78, 5) is 47.2. The zero-order chi connectivity index (χ0) is 35.1. The highest BCUT2D eigenvalue weighted by Gasteiger charge is 2.44. The summed E-state index contributed by atoms with van der Waals surface area (Å²) in [6, 6.07) is 8.12. The van der Waals surface area contributed by atoms with E-state index >= 15 is 0 Å². The molecule has 2 aliphatic rings. The molecule has 2 saturated heterocycles. The number of carbonyl (C=O) groups is 3. The molecule has 49 heavy (non-hydrogen) atoms. The third kappa shape index (κ3) is 9.81. The van der Waals surface area contributed by atoms with Crippen molar-refractivity contribution in [2.24, 2.45) is 5.92 Å². The second-order valence-electron chi connectivity index (χ2n) is 12.6. The normalized spacial score (nSPS) is 19.9. The molecule has 1 unspecified atom stereocenters. The molecule has 12 nitrogen and oxygen atoms in total. The molecule has 5 rings (SSSR count). The highest BCUT2D eigenvalue weighted by molar-refractivity contribution is 9.10. The number of piperidine rings is 1. The fourth-order valence-electron chi connectivity index (χ4n) is 6.31. The molecule has 0 spiro atoms. The molecule has 1 aromatic heterocycles. The van der Waals surface area contributed by atoms with Crippen LogP contribution in [0.15, 0.2) is 64.0 Å². The number of hydrogen-bond donors (Lipinski definition) is 3. The number of nitrogens with zero attached hydrogens (tertiary/aromatic N) is 2. The molecule has 3 N–H and O–H groups in total. The quantitative estimate of drug-likeness (QED) is 0.154. The molecule has 0 bridgehead atoms. The molecule has 264 valence electrons. The first-order valence-electron chi connectivity index (χ1n) is 16.3. The van der Waals surface area contributed by atoms with Crippen LogP contribution in [0.1, 0.15) is 54.8 Å². The Balaban J connectivity index is 1.37. The SMILES string of the molecule is C=CC[C@H](NC(=O)C1C[C@@H](OCc2ccc(Br)cc2F)CN1C(=O)[C@@H](CCC1CCNCC1)NS(C)(=O)=O)C(=O)c1nc2ccccc2o1. The Morgan fingerprint density at radius 1 is 1.20 bits per heavy atom. The van der Waals surface area contributed by atoms with E-state index in [9.17, 15) is 27.2 Å². The number of hydrogen-bond acceptors (Lipinski definition) is 9. The largest absolute Gasteiger partial charge is 0.434 e. The van der Waals surface area contributed by atoms with Crippen molar-refractivity contribution >= 4 is 54.7 Å². The van der Waals surface area contributed by atoms with Crippen molar-refractivity contribution in [3.8, 4) is 0 Å². The van der Waals surface area contributed by atoms with Crippen molar-refractivity contribution in [3.63, 3.8) is 0 Å². The Hall–Kier alpha value is -3.50. The van der Waals surface area contributed by atoms with Crippen molar-refractivity contribution in [1.82, 2.24) is 25.2 Å². The van der Waals surface area contributed by atoms with Gasteiger partial charge in [0.25, 0.3) is 5.89 Å². The van der Waals surface area contributed by atoms with Gasteiger partial charge in [0.2, 0.25) is 27.6 Å². The fourth-order valence-corrected chi connectivity index (χ4v) is 7.38. The predicted molar refractivity (Wildman–Crippen MR) is 184 cm³/mol. The number of Topliss-reactive ketones (excluding diaryl/α,β-unsaturated/α-hetero) is 1. The van der Waals surface area contributed by atoms with Gasteiger partial charge in [0.15, 0.2) is 5.58 Å². The van der Waals surface area contributed by atoms with Crippen molar-refractivity contribution in [2.45, 2.75) is 69.4 Å². The topological polar surface area (TPSA) is 160 Å². The molecule has 3 heterocycles. The lowest BCUT2D eigenvalue weighted by Crippen LogP contribution is -2.55. The lowest BCUT2D eigenvalue weighted by molar-refractivity contribution is -0.140. The first-order valence-corrected chi connectivity index (χ1v) is 19.0. The minimum atomic E-state index is -3.80. The van der Waals surface area contributed by atoms with Crippen LogP contribution >= 0.6 is 15.9 Å². The minimum absolute atomic E-state index is 0.0352. The van der Waals surface area contributed by atoms with Crippen LogP contribution in [0.4, 0.5) is 4.39 Å². The lowest BCUT2D eigenvalue weighted by Gasteiger charge is -2.30. The van der Waals surface area contributed by atoms with Crippen molar-refractivity contribution in [3.05, 3.63) is 76.9 Å². The minimum Gasteiger partial charge on any atom is -0.434 e. The Bertz CT molecular complexity index is 1750. The fraction of sp³-hybridized carbons (Fsp3) is 0.471. The summed E-state index contributed by atoms with van der Waals surface area (Å²) in [5.41, 5.74) is 1.19. The second kappa shape index (κ2) is 16.5. The van der Waals surface area contributed by atoms with Gasteiger partial charge in [0.1, 0.15) is 29.5 Å². The number of rotatable bonds is 15. The number of aromatic nitrogens is 1. The van der Waals surface area contributed by atoms with Gasteiger partial charge < -0.3 is 24.7 Å². The van der Waals surface area contributed by atoms with Crippen LogP contribution in [-0.4, -0.2) is 86.0 Å². The number of sulfonamides is 1. The molecular formula is C34H41BrFN5O7S. The Morgan fingerprint density at radius 3 is 2.65 bits per heavy atom. The molecule has 0 radical (unpaired) electrons. The average molecular weight is 763 g/mol. The zero-order valence-corrected chi connectivity index (χ0v) is 29.6. The molecule has 4 atom stereocenters. The monoisotopic (exact) mass is 761 g/mol. The summed E-state index contributed by atoms with van der Waals surface area (Å²) in [6.07, 6.45) is 4.56. The van der Waals surface area contributed by atoms with E-state index in [0.717, 1.165) is 32.2 Å². The molecule has 2 aromatic carbocycles. The van der Waals surface area contributed by atoms with Crippen LogP contribution in [0.25, 0.3) is 11.1 Å². The summed E-state index contributed by atoms with van der Waals surface area (Å²) < 4.78 is 54.1. The number of ketones is 1. The van der Waals surface area contributed by atoms with Gasteiger partial charge in [0, 0.05) is 23.0 Å². The summed E-state index contributed by atoms with van der Waals surface area (Å²) in [5.74, 6) is -2.12. The smallest absolute Gasteiger partial charge is 0.266 e. The van der Waals surface area contributed by atoms with E-state index in [0.29, 0.717) is 33.5 Å². The van der Waals surface area contributed by atoms with Gasteiger partial charge in [-0.15, -0.1) is 6.58 Å². The van der Waals surface area contributed by atoms with Crippen LogP contribution in [0.5, 0.6) is 0 Å². The standard InChI is InChI=1S/C34H41BrFN5O7S/c1-3-6-27(31(42)33-39-26-7-4-5-8-30(26)48-33)38-32(43)29-18-24(47-20-22-10-11-23(35)17-25(22)36)19-41(29)34(44)28(40-49(2,45)46)12-9-21-13-15-37-16-14-21/h3-5,7-8,10-11,17,21,24,27-29,37,40H,1,6,9,12-16,18-20H2,2H3,(H,38,43)/t24-,27+,28-,29?/m1/s1. The summed E-state index contributed by atoms with van der Waals surface area (Å²) in [5, 5.41) is 6.05. The maximum absolute atomic E-state index is 14.6. The lowest BCUT2D eigenvalue weighted by atomic mass is 9.91. The molecule has 15 heteroatoms. The molecule has 2 aliphatic heterocycles. The van der Waals surface area contributed by atoms with Crippen LogP contribution in [0.2, 0.25) is 0 Å². The Labute approximate surface area is 293 Å². The van der Waals surface area contributed by atoms with Gasteiger partial charge >= 0.3 is 0 Å². The van der Waals surface area contributed by atoms with Crippen molar-refractivity contribution in [2.75, 3.05) is 25.9 Å². The molecule has 0 aliphatic carbocycles. The van der Waals surface area contributed by atoms with Crippen molar-refractivity contribution in [1.29, 1.82) is 0 Å². The molecule has 2 amide bonds. The molecule has 0 saturated carbocycles. The van der Waals surface area contributed by atoms with E-state index in [2.05, 4.69) is 42.8 Å². The third-order valence-corrected chi connectivity index (χ3v) is 10.1. The number of ether oxygens (including phenoxy) is 1. The van der Waals surface area contributed by atoms with Gasteiger partial charge in [-0.1, -0.05) is 40.2 Å². The predicted octanol–water partition coefficient (Wildman–Crippen LogP) is 3.86. The first kappa shape index (κ1) is 36.8. The van der Waals surface area contributed by atoms with Crippen molar-refractivity contribution < 1.29 is 36.3 Å². The Kier molecular flexibility index (Phi) is 12.4. The molecule has 2 fully saturated rings. The van der Waals surface area contributed by atoms with Crippen LogP contribution in [-0.2, 0) is 31.0 Å². The molecule has 3 aromatic rings. The van der Waals surface area contributed by atoms with Crippen LogP contribution in [0.3, 0.4) is 0 Å². The van der Waals surface area contributed by atoms with E-state index in [1.165, 1.54) is 17.0 Å². The summed E-state index contributed by atoms with van der Waals surface area (Å²) >= 11 is 3.24. The van der Waals surface area contributed by atoms with E-state index in [4.69, 9.17) is 9.15 Å². The highest BCUT2D eigenvalue weighted by atomic mass is 79.9. The number of nitrogens with one attached hydrogen (secondary N) is 3. The summed E-state index contributed by atoms with van der Waals surface area (Å²) in [7, 11) is -3.80. The number of carbonyl (C=O) groups excluding carboxylic acids is 3. The third-order valence-electron chi connectivity index (χ3n) is 8.85. The van der Waals surface area contributed by atoms with Gasteiger partial charge in [0.05, 0.1) is 19.0 Å². The Morgan fingerprint density at radius 2 is 1.96 bits per heavy atom. The maximum Gasteiger partial charge on any atom is 0.266 e. The van der Waals surface area contributed by atoms with E-state index in [1.54, 1.807) is 36.4 Å².